The number of carbonyl (C=O) groups excluding carboxylic acids is 2. The van der Waals surface area contributed by atoms with Gasteiger partial charge in [0.1, 0.15) is 0 Å². The van der Waals surface area contributed by atoms with Gasteiger partial charge in [-0.2, -0.15) is 0 Å². The van der Waals surface area contributed by atoms with Crippen molar-refractivity contribution in [1.29, 1.82) is 0 Å². The fraction of sp³-hybridized carbons (Fsp3) is 0.800. The zero-order valence-electron chi connectivity index (χ0n) is 13.9. The average Bonchev–Trinajstić information content (AvgIpc) is 2.56. The molecule has 7 nitrogen and oxygen atoms in total. The molecular formula is C15H27N3O4. The number of methoxy groups -OCH3 is 2. The van der Waals surface area contributed by atoms with Crippen LogP contribution in [0.4, 0.5) is 0 Å². The van der Waals surface area contributed by atoms with Crippen LogP contribution >= 0.6 is 0 Å². The standard InChI is InChI=1S/C15H27N3O4/c1-5-16-15(17-10-11(2)13(19)21-3)18-8-6-12(7-9-18)14(20)22-4/h11-12H,5-10H2,1-4H3,(H,16,17). The summed E-state index contributed by atoms with van der Waals surface area (Å²) in [7, 11) is 2.81. The number of aliphatic imine (C=N–C) groups is 1. The minimum atomic E-state index is -0.272. The zero-order valence-corrected chi connectivity index (χ0v) is 13.9. The molecule has 1 fully saturated rings. The summed E-state index contributed by atoms with van der Waals surface area (Å²) in [6.45, 7) is 6.42. The Hall–Kier alpha value is -1.79. The highest BCUT2D eigenvalue weighted by Gasteiger charge is 2.27. The van der Waals surface area contributed by atoms with Gasteiger partial charge in [-0.15, -0.1) is 0 Å². The van der Waals surface area contributed by atoms with Crippen molar-refractivity contribution in [3.05, 3.63) is 0 Å². The topological polar surface area (TPSA) is 80.2 Å². The molecular weight excluding hydrogens is 286 g/mol. The molecule has 1 saturated heterocycles. The van der Waals surface area contributed by atoms with Gasteiger partial charge < -0.3 is 19.7 Å². The van der Waals surface area contributed by atoms with Gasteiger partial charge >= 0.3 is 11.9 Å². The fourth-order valence-corrected chi connectivity index (χ4v) is 2.42. The summed E-state index contributed by atoms with van der Waals surface area (Å²) in [6, 6.07) is 0. The number of ether oxygens (including phenoxy) is 2. The van der Waals surface area contributed by atoms with E-state index in [2.05, 4.69) is 15.2 Å². The van der Waals surface area contributed by atoms with Gasteiger partial charge in [0.25, 0.3) is 0 Å². The summed E-state index contributed by atoms with van der Waals surface area (Å²) in [5.74, 6) is 0.0795. The van der Waals surface area contributed by atoms with Crippen LogP contribution in [0.2, 0.25) is 0 Å². The number of hydrogen-bond acceptors (Lipinski definition) is 5. The van der Waals surface area contributed by atoms with Crippen LogP contribution in [0.3, 0.4) is 0 Å². The number of esters is 2. The molecule has 1 heterocycles. The van der Waals surface area contributed by atoms with Crippen LogP contribution in [0.15, 0.2) is 4.99 Å². The van der Waals surface area contributed by atoms with Crippen LogP contribution in [0, 0.1) is 11.8 Å². The van der Waals surface area contributed by atoms with Gasteiger partial charge in [-0.3, -0.25) is 14.6 Å². The molecule has 0 saturated carbocycles. The molecule has 0 aromatic carbocycles. The highest BCUT2D eigenvalue weighted by atomic mass is 16.5. The molecule has 0 amide bonds. The summed E-state index contributed by atoms with van der Waals surface area (Å²) in [4.78, 5) is 29.6. The number of guanidine groups is 1. The van der Waals surface area contributed by atoms with Crippen LogP contribution in [0.25, 0.3) is 0 Å². The molecule has 0 radical (unpaired) electrons. The first-order valence-corrected chi connectivity index (χ1v) is 7.72. The van der Waals surface area contributed by atoms with E-state index in [1.54, 1.807) is 6.92 Å². The molecule has 1 aliphatic heterocycles. The van der Waals surface area contributed by atoms with Crippen molar-refractivity contribution in [3.8, 4) is 0 Å². The predicted molar refractivity (Wildman–Crippen MR) is 83.5 cm³/mol. The molecule has 0 bridgehead atoms. The first-order chi connectivity index (χ1) is 10.5. The third kappa shape index (κ3) is 5.20. The van der Waals surface area contributed by atoms with Crippen LogP contribution in [0.1, 0.15) is 26.7 Å². The van der Waals surface area contributed by atoms with Crippen LogP contribution < -0.4 is 5.32 Å². The highest BCUT2D eigenvalue weighted by Crippen LogP contribution is 2.18. The predicted octanol–water partition coefficient (Wildman–Crippen LogP) is 0.646. The smallest absolute Gasteiger partial charge is 0.310 e. The van der Waals surface area contributed by atoms with Gasteiger partial charge in [0, 0.05) is 19.6 Å². The van der Waals surface area contributed by atoms with E-state index in [4.69, 9.17) is 9.47 Å². The zero-order chi connectivity index (χ0) is 16.5. The molecule has 0 aromatic rings. The summed E-state index contributed by atoms with van der Waals surface area (Å²) >= 11 is 0. The first kappa shape index (κ1) is 18.3. The van der Waals surface area contributed by atoms with Crippen LogP contribution in [-0.2, 0) is 19.1 Å². The molecule has 0 spiro atoms. The third-order valence-electron chi connectivity index (χ3n) is 3.78. The molecule has 126 valence electrons. The first-order valence-electron chi connectivity index (χ1n) is 7.72. The largest absolute Gasteiger partial charge is 0.469 e. The second-order valence-corrected chi connectivity index (χ2v) is 5.40. The van der Waals surface area contributed by atoms with Crippen molar-refractivity contribution in [1.82, 2.24) is 10.2 Å². The van der Waals surface area contributed by atoms with E-state index in [1.807, 2.05) is 6.92 Å². The summed E-state index contributed by atoms with van der Waals surface area (Å²) in [5, 5.41) is 3.23. The van der Waals surface area contributed by atoms with E-state index in [1.165, 1.54) is 14.2 Å². The van der Waals surface area contributed by atoms with Crippen molar-refractivity contribution in [2.75, 3.05) is 40.4 Å². The van der Waals surface area contributed by atoms with Gasteiger partial charge in [-0.05, 0) is 19.8 Å². The van der Waals surface area contributed by atoms with Crippen LogP contribution in [0.5, 0.6) is 0 Å². The molecule has 1 aliphatic rings. The second-order valence-electron chi connectivity index (χ2n) is 5.40. The number of nitrogens with one attached hydrogen (secondary N) is 1. The Kier molecular flexibility index (Phi) is 7.70. The minimum absolute atomic E-state index is 0.0295. The van der Waals surface area contributed by atoms with Crippen molar-refractivity contribution >= 4 is 17.9 Å². The number of nitrogens with zero attached hydrogens (tertiary/aromatic N) is 2. The van der Waals surface area contributed by atoms with Crippen molar-refractivity contribution < 1.29 is 19.1 Å². The number of rotatable bonds is 5. The number of piperidine rings is 1. The summed E-state index contributed by atoms with van der Waals surface area (Å²) in [6.07, 6.45) is 1.51. The number of carbonyl (C=O) groups is 2. The molecule has 0 aromatic heterocycles. The third-order valence-corrected chi connectivity index (χ3v) is 3.78. The Bertz CT molecular complexity index is 404. The Morgan fingerprint density at radius 3 is 2.41 bits per heavy atom. The quantitative estimate of drug-likeness (QED) is 0.456. The molecule has 0 aliphatic carbocycles. The van der Waals surface area contributed by atoms with E-state index < -0.39 is 0 Å². The lowest BCUT2D eigenvalue weighted by atomic mass is 9.97. The number of hydrogen-bond donors (Lipinski definition) is 1. The van der Waals surface area contributed by atoms with E-state index in [0.29, 0.717) is 6.54 Å². The molecule has 22 heavy (non-hydrogen) atoms. The SMILES string of the molecule is CCNC(=NCC(C)C(=O)OC)N1CCC(C(=O)OC)CC1. The Morgan fingerprint density at radius 2 is 1.91 bits per heavy atom. The van der Waals surface area contributed by atoms with E-state index in [-0.39, 0.29) is 23.8 Å². The normalized spacial score (nSPS) is 17.8. The minimum Gasteiger partial charge on any atom is -0.469 e. The van der Waals surface area contributed by atoms with E-state index >= 15 is 0 Å². The second kappa shape index (κ2) is 9.27. The highest BCUT2D eigenvalue weighted by molar-refractivity contribution is 5.81. The van der Waals surface area contributed by atoms with Gasteiger partial charge in [0.2, 0.25) is 0 Å². The lowest BCUT2D eigenvalue weighted by Crippen LogP contribution is -2.47. The molecule has 1 N–H and O–H groups in total. The van der Waals surface area contributed by atoms with Crippen molar-refractivity contribution in [2.24, 2.45) is 16.8 Å². The maximum atomic E-state index is 11.6. The number of likely N-dealkylation sites (tertiary alicyclic amines) is 1. The maximum absolute atomic E-state index is 11.6. The van der Waals surface area contributed by atoms with Gasteiger partial charge in [0.05, 0.1) is 32.6 Å². The van der Waals surface area contributed by atoms with E-state index in [9.17, 15) is 9.59 Å². The van der Waals surface area contributed by atoms with E-state index in [0.717, 1.165) is 38.4 Å². The van der Waals surface area contributed by atoms with Gasteiger partial charge in [-0.25, -0.2) is 0 Å². The molecule has 1 atom stereocenters. The Balaban J connectivity index is 2.60. The van der Waals surface area contributed by atoms with Crippen LogP contribution in [-0.4, -0.2) is 63.2 Å². The molecule has 1 unspecified atom stereocenters. The fourth-order valence-electron chi connectivity index (χ4n) is 2.42. The van der Waals surface area contributed by atoms with Gasteiger partial charge in [-0.1, -0.05) is 6.92 Å². The lowest BCUT2D eigenvalue weighted by Gasteiger charge is -2.33. The average molecular weight is 313 g/mol. The summed E-state index contributed by atoms with van der Waals surface area (Å²) in [5.41, 5.74) is 0. The monoisotopic (exact) mass is 313 g/mol. The van der Waals surface area contributed by atoms with Gasteiger partial charge in [0.15, 0.2) is 5.96 Å². The Morgan fingerprint density at radius 1 is 1.27 bits per heavy atom. The molecule has 1 rings (SSSR count). The van der Waals surface area contributed by atoms with Crippen molar-refractivity contribution in [3.63, 3.8) is 0 Å². The Labute approximate surface area is 132 Å². The molecule has 7 heteroatoms. The summed E-state index contributed by atoms with van der Waals surface area (Å²) < 4.78 is 9.50. The van der Waals surface area contributed by atoms with Crippen molar-refractivity contribution in [2.45, 2.75) is 26.7 Å². The maximum Gasteiger partial charge on any atom is 0.310 e. The lowest BCUT2D eigenvalue weighted by molar-refractivity contribution is -0.147.